The van der Waals surface area contributed by atoms with Crippen LogP contribution in [0.3, 0.4) is 0 Å². The maximum Gasteiger partial charge on any atom is 0.291 e. The number of nitrogens with zero attached hydrogens (tertiary/aromatic N) is 1. The summed E-state index contributed by atoms with van der Waals surface area (Å²) in [7, 11) is 0. The number of hydrogen-bond donors (Lipinski definition) is 4. The van der Waals surface area contributed by atoms with Gasteiger partial charge in [-0.2, -0.15) is 5.10 Å². The van der Waals surface area contributed by atoms with Crippen molar-refractivity contribution < 1.29 is 18.8 Å². The number of H-pyrrole nitrogens is 1. The average Bonchev–Trinajstić information content (AvgIpc) is 3.48. The number of furan rings is 1. The van der Waals surface area contributed by atoms with Gasteiger partial charge in [0, 0.05) is 16.8 Å². The number of rotatable bonds is 5. The number of carbonyl (C=O) groups excluding carboxylic acids is 3. The van der Waals surface area contributed by atoms with Crippen molar-refractivity contribution in [2.24, 2.45) is 0 Å². The van der Waals surface area contributed by atoms with Crippen molar-refractivity contribution >= 4 is 39.3 Å². The number of anilines is 1. The molecule has 0 radical (unpaired) electrons. The molecule has 32 heavy (non-hydrogen) atoms. The van der Waals surface area contributed by atoms with Crippen molar-refractivity contribution in [2.45, 2.75) is 0 Å². The van der Waals surface area contributed by atoms with Gasteiger partial charge in [0.2, 0.25) is 0 Å². The summed E-state index contributed by atoms with van der Waals surface area (Å²) >= 11 is 3.14. The summed E-state index contributed by atoms with van der Waals surface area (Å²) in [6, 6.07) is 20.3. The number of amides is 3. The summed E-state index contributed by atoms with van der Waals surface area (Å²) in [4.78, 5) is 36.9. The normalized spacial score (nSPS) is 10.4. The number of hydrogen-bond acceptors (Lipinski definition) is 5. The van der Waals surface area contributed by atoms with Crippen LogP contribution in [0.4, 0.5) is 5.69 Å². The van der Waals surface area contributed by atoms with E-state index in [0.29, 0.717) is 16.1 Å². The Kier molecular flexibility index (Phi) is 6.13. The third-order valence-corrected chi connectivity index (χ3v) is 4.79. The highest BCUT2D eigenvalue weighted by atomic mass is 79.9. The van der Waals surface area contributed by atoms with E-state index in [1.165, 1.54) is 12.1 Å². The molecule has 0 saturated carbocycles. The van der Waals surface area contributed by atoms with Gasteiger partial charge in [0.05, 0.1) is 5.69 Å². The summed E-state index contributed by atoms with van der Waals surface area (Å²) in [5.74, 6) is -1.46. The zero-order chi connectivity index (χ0) is 22.5. The van der Waals surface area contributed by atoms with Crippen LogP contribution in [0.25, 0.3) is 11.3 Å². The molecular weight excluding hydrogens is 478 g/mol. The smallest absolute Gasteiger partial charge is 0.291 e. The molecule has 0 aliphatic rings. The SMILES string of the molecule is O=C(NNC(=O)c1cc(-c2ccccc2)n[nH]1)c1cccc(NC(=O)c2ccc(Br)o2)c1. The largest absolute Gasteiger partial charge is 0.444 e. The van der Waals surface area contributed by atoms with Crippen LogP contribution in [0.2, 0.25) is 0 Å². The number of aromatic nitrogens is 2. The second-order valence-electron chi connectivity index (χ2n) is 6.58. The number of carbonyl (C=O) groups is 3. The molecule has 0 aliphatic carbocycles. The van der Waals surface area contributed by atoms with E-state index in [-0.39, 0.29) is 17.0 Å². The van der Waals surface area contributed by atoms with Gasteiger partial charge in [0.1, 0.15) is 5.69 Å². The Morgan fingerprint density at radius 3 is 2.38 bits per heavy atom. The predicted octanol–water partition coefficient (Wildman–Crippen LogP) is 3.76. The number of aromatic amines is 1. The molecule has 10 heteroatoms. The standard InChI is InChI=1S/C22H16BrN5O4/c23-19-10-9-18(32-19)22(31)24-15-8-4-7-14(11-15)20(29)27-28-21(30)17-12-16(25-26-17)13-5-2-1-3-6-13/h1-12H,(H,24,31)(H,25,26)(H,27,29)(H,28,30). The first-order valence-corrected chi connectivity index (χ1v) is 10.2. The lowest BCUT2D eigenvalue weighted by Crippen LogP contribution is -2.41. The third-order valence-electron chi connectivity index (χ3n) is 4.36. The van der Waals surface area contributed by atoms with Gasteiger partial charge >= 0.3 is 0 Å². The van der Waals surface area contributed by atoms with E-state index >= 15 is 0 Å². The molecule has 0 spiro atoms. The Bertz CT molecular complexity index is 1280. The van der Waals surface area contributed by atoms with Crippen LogP contribution >= 0.6 is 15.9 Å². The molecule has 0 saturated heterocycles. The summed E-state index contributed by atoms with van der Waals surface area (Å²) < 4.78 is 5.63. The summed E-state index contributed by atoms with van der Waals surface area (Å²) in [6.07, 6.45) is 0. The van der Waals surface area contributed by atoms with Crippen LogP contribution in [-0.2, 0) is 0 Å². The number of benzene rings is 2. The second kappa shape index (κ2) is 9.31. The summed E-state index contributed by atoms with van der Waals surface area (Å²) in [5, 5.41) is 9.39. The lowest BCUT2D eigenvalue weighted by Gasteiger charge is -2.08. The lowest BCUT2D eigenvalue weighted by atomic mass is 10.1. The van der Waals surface area contributed by atoms with Crippen molar-refractivity contribution in [3.8, 4) is 11.3 Å². The Morgan fingerprint density at radius 2 is 1.62 bits per heavy atom. The van der Waals surface area contributed by atoms with Crippen molar-refractivity contribution in [3.05, 3.63) is 94.5 Å². The molecule has 4 N–H and O–H groups in total. The third kappa shape index (κ3) is 4.93. The van der Waals surface area contributed by atoms with Crippen LogP contribution in [0, 0.1) is 0 Å². The fraction of sp³-hybridized carbons (Fsp3) is 0. The van der Waals surface area contributed by atoms with Crippen molar-refractivity contribution in [2.75, 3.05) is 5.32 Å². The quantitative estimate of drug-likeness (QED) is 0.314. The Balaban J connectivity index is 1.36. The van der Waals surface area contributed by atoms with Gasteiger partial charge in [-0.3, -0.25) is 30.3 Å². The van der Waals surface area contributed by atoms with Gasteiger partial charge in [0.25, 0.3) is 17.7 Å². The van der Waals surface area contributed by atoms with Crippen LogP contribution < -0.4 is 16.2 Å². The molecule has 9 nitrogen and oxygen atoms in total. The monoisotopic (exact) mass is 493 g/mol. The molecular formula is C22H16BrN5O4. The van der Waals surface area contributed by atoms with Gasteiger partial charge in [-0.05, 0) is 52.3 Å². The van der Waals surface area contributed by atoms with E-state index in [2.05, 4.69) is 42.3 Å². The molecule has 0 atom stereocenters. The number of nitrogens with one attached hydrogen (secondary N) is 4. The fourth-order valence-electron chi connectivity index (χ4n) is 2.82. The number of halogens is 1. The topological polar surface area (TPSA) is 129 Å². The molecule has 0 bridgehead atoms. The van der Waals surface area contributed by atoms with Gasteiger partial charge < -0.3 is 9.73 Å². The zero-order valence-electron chi connectivity index (χ0n) is 16.4. The van der Waals surface area contributed by atoms with Gasteiger partial charge in [-0.15, -0.1) is 0 Å². The molecule has 0 aliphatic heterocycles. The zero-order valence-corrected chi connectivity index (χ0v) is 18.0. The molecule has 160 valence electrons. The molecule has 0 unspecified atom stereocenters. The minimum Gasteiger partial charge on any atom is -0.444 e. The highest BCUT2D eigenvalue weighted by molar-refractivity contribution is 9.10. The van der Waals surface area contributed by atoms with E-state index in [4.69, 9.17) is 4.42 Å². The molecule has 4 rings (SSSR count). The molecule has 2 aromatic heterocycles. The molecule has 2 heterocycles. The Morgan fingerprint density at radius 1 is 0.844 bits per heavy atom. The van der Waals surface area contributed by atoms with Gasteiger partial charge in [0.15, 0.2) is 10.4 Å². The van der Waals surface area contributed by atoms with Crippen LogP contribution in [-0.4, -0.2) is 27.9 Å². The minimum absolute atomic E-state index is 0.119. The minimum atomic E-state index is -0.557. The highest BCUT2D eigenvalue weighted by Crippen LogP contribution is 2.18. The predicted molar refractivity (Wildman–Crippen MR) is 120 cm³/mol. The Labute approximate surface area is 190 Å². The van der Waals surface area contributed by atoms with Crippen molar-refractivity contribution in [1.82, 2.24) is 21.0 Å². The molecule has 2 aromatic carbocycles. The highest BCUT2D eigenvalue weighted by Gasteiger charge is 2.14. The van der Waals surface area contributed by atoms with E-state index < -0.39 is 17.7 Å². The van der Waals surface area contributed by atoms with Crippen molar-refractivity contribution in [3.63, 3.8) is 0 Å². The van der Waals surface area contributed by atoms with Gasteiger partial charge in [-0.1, -0.05) is 36.4 Å². The first-order valence-electron chi connectivity index (χ1n) is 9.38. The maximum absolute atomic E-state index is 12.4. The van der Waals surface area contributed by atoms with Gasteiger partial charge in [-0.25, -0.2) is 0 Å². The average molecular weight is 494 g/mol. The van der Waals surface area contributed by atoms with Crippen LogP contribution in [0.1, 0.15) is 31.4 Å². The van der Waals surface area contributed by atoms with E-state index in [9.17, 15) is 14.4 Å². The van der Waals surface area contributed by atoms with E-state index in [1.54, 1.807) is 30.3 Å². The maximum atomic E-state index is 12.4. The molecule has 0 fully saturated rings. The van der Waals surface area contributed by atoms with Crippen LogP contribution in [0.15, 0.2) is 81.9 Å². The first-order chi connectivity index (χ1) is 15.5. The van der Waals surface area contributed by atoms with E-state index in [1.807, 2.05) is 30.3 Å². The first kappa shape index (κ1) is 21.1. The lowest BCUT2D eigenvalue weighted by molar-refractivity contribution is 0.0844. The molecule has 3 amide bonds. The summed E-state index contributed by atoms with van der Waals surface area (Å²) in [5.41, 5.74) is 6.95. The van der Waals surface area contributed by atoms with E-state index in [0.717, 1.165) is 5.56 Å². The number of hydrazine groups is 1. The summed E-state index contributed by atoms with van der Waals surface area (Å²) in [6.45, 7) is 0. The second-order valence-corrected chi connectivity index (χ2v) is 7.36. The fourth-order valence-corrected chi connectivity index (χ4v) is 3.12. The van der Waals surface area contributed by atoms with Crippen molar-refractivity contribution in [1.29, 1.82) is 0 Å². The Hall–Kier alpha value is -4.18. The van der Waals surface area contributed by atoms with Crippen LogP contribution in [0.5, 0.6) is 0 Å². The molecule has 4 aromatic rings.